The van der Waals surface area contributed by atoms with Crippen molar-refractivity contribution in [3.63, 3.8) is 0 Å². The lowest BCUT2D eigenvalue weighted by Crippen LogP contribution is -2.15. The molecule has 0 saturated heterocycles. The lowest BCUT2D eigenvalue weighted by Gasteiger charge is -2.09. The van der Waals surface area contributed by atoms with Crippen molar-refractivity contribution >= 4 is 44.0 Å². The number of nitrogens with one attached hydrogen (secondary N) is 2. The number of thiazole rings is 1. The smallest absolute Gasteiger partial charge is 0.259 e. The van der Waals surface area contributed by atoms with Crippen molar-refractivity contribution < 1.29 is 4.79 Å². The minimum atomic E-state index is -0.192. The summed E-state index contributed by atoms with van der Waals surface area (Å²) < 4.78 is 0.877. The summed E-state index contributed by atoms with van der Waals surface area (Å²) in [5.41, 5.74) is 1.30. The highest BCUT2D eigenvalue weighted by Crippen LogP contribution is 2.24. The Morgan fingerprint density at radius 3 is 3.00 bits per heavy atom. The molecule has 0 atom stereocenters. The van der Waals surface area contributed by atoms with Crippen LogP contribution in [0.2, 0.25) is 0 Å². The Hall–Kier alpha value is -1.47. The molecule has 7 heteroatoms. The molecule has 2 aromatic rings. The minimum Gasteiger partial charge on any atom is -0.383 e. The number of carbonyl (C=O) groups is 1. The highest BCUT2D eigenvalue weighted by atomic mass is 79.9. The van der Waals surface area contributed by atoms with Crippen LogP contribution in [0.4, 0.5) is 10.8 Å². The van der Waals surface area contributed by atoms with Crippen molar-refractivity contribution in [3.05, 3.63) is 34.0 Å². The molecule has 100 valence electrons. The number of anilines is 2. The molecule has 2 aromatic heterocycles. The van der Waals surface area contributed by atoms with Crippen molar-refractivity contribution in [1.82, 2.24) is 9.97 Å². The molecular weight excluding hydrogens is 328 g/mol. The van der Waals surface area contributed by atoms with Crippen LogP contribution >= 0.6 is 27.3 Å². The normalized spacial score (nSPS) is 10.2. The average molecular weight is 341 g/mol. The second-order valence-corrected chi connectivity index (χ2v) is 6.18. The first-order chi connectivity index (χ1) is 9.20. The zero-order valence-electron chi connectivity index (χ0n) is 10.3. The van der Waals surface area contributed by atoms with Gasteiger partial charge in [-0.05, 0) is 28.4 Å². The van der Waals surface area contributed by atoms with Gasteiger partial charge in [0.25, 0.3) is 5.91 Å². The zero-order chi connectivity index (χ0) is 13.7. The van der Waals surface area contributed by atoms with Crippen LogP contribution in [0.1, 0.15) is 23.7 Å². The number of carbonyl (C=O) groups excluding carboxylic acids is 1. The highest BCUT2D eigenvalue weighted by molar-refractivity contribution is 9.11. The molecule has 1 amide bonds. The van der Waals surface area contributed by atoms with Gasteiger partial charge in [0.05, 0.1) is 27.4 Å². The van der Waals surface area contributed by atoms with Gasteiger partial charge in [0, 0.05) is 12.7 Å². The Bertz CT molecular complexity index is 572. The Labute approximate surface area is 123 Å². The molecule has 0 fully saturated rings. The molecule has 2 rings (SSSR count). The maximum absolute atomic E-state index is 12.2. The van der Waals surface area contributed by atoms with E-state index < -0.39 is 0 Å². The maximum Gasteiger partial charge on any atom is 0.259 e. The number of rotatable bonds is 5. The van der Waals surface area contributed by atoms with Gasteiger partial charge in [-0.3, -0.25) is 15.1 Å². The van der Waals surface area contributed by atoms with Crippen molar-refractivity contribution in [2.45, 2.75) is 13.3 Å². The number of hydrogen-bond acceptors (Lipinski definition) is 5. The quantitative estimate of drug-likeness (QED) is 0.875. The molecule has 0 aromatic carbocycles. The summed E-state index contributed by atoms with van der Waals surface area (Å²) in [5, 5.41) is 6.52. The second kappa shape index (κ2) is 6.63. The zero-order valence-corrected chi connectivity index (χ0v) is 12.7. The molecule has 5 nitrogen and oxygen atoms in total. The molecule has 2 heterocycles. The van der Waals surface area contributed by atoms with Crippen LogP contribution < -0.4 is 10.6 Å². The summed E-state index contributed by atoms with van der Waals surface area (Å²) in [6.07, 6.45) is 5.89. The van der Waals surface area contributed by atoms with E-state index in [2.05, 4.69) is 43.5 Å². The molecule has 0 bridgehead atoms. The first-order valence-corrected chi connectivity index (χ1v) is 7.42. The monoisotopic (exact) mass is 340 g/mol. The Kier molecular flexibility index (Phi) is 4.86. The summed E-state index contributed by atoms with van der Waals surface area (Å²) >= 11 is 4.68. The Morgan fingerprint density at radius 2 is 2.32 bits per heavy atom. The van der Waals surface area contributed by atoms with Gasteiger partial charge in [-0.15, -0.1) is 0 Å². The van der Waals surface area contributed by atoms with Crippen LogP contribution in [0.5, 0.6) is 0 Å². The number of nitrogens with zero attached hydrogens (tertiary/aromatic N) is 2. The van der Waals surface area contributed by atoms with Crippen molar-refractivity contribution in [3.8, 4) is 0 Å². The lowest BCUT2D eigenvalue weighted by atomic mass is 10.2. The molecule has 2 N–H and O–H groups in total. The minimum absolute atomic E-state index is 0.192. The molecular formula is C12H13BrN4OS. The van der Waals surface area contributed by atoms with E-state index in [1.54, 1.807) is 24.7 Å². The predicted octanol–water partition coefficient (Wildman–Crippen LogP) is 3.37. The summed E-state index contributed by atoms with van der Waals surface area (Å²) in [4.78, 5) is 20.3. The van der Waals surface area contributed by atoms with Gasteiger partial charge in [0.2, 0.25) is 0 Å². The predicted molar refractivity (Wildman–Crippen MR) is 80.8 cm³/mol. The van der Waals surface area contributed by atoms with E-state index in [1.807, 2.05) is 0 Å². The van der Waals surface area contributed by atoms with E-state index >= 15 is 0 Å². The maximum atomic E-state index is 12.2. The van der Waals surface area contributed by atoms with E-state index in [1.165, 1.54) is 11.3 Å². The van der Waals surface area contributed by atoms with Crippen LogP contribution in [0.25, 0.3) is 0 Å². The van der Waals surface area contributed by atoms with Gasteiger partial charge in [0.15, 0.2) is 5.13 Å². The number of aromatic nitrogens is 2. The lowest BCUT2D eigenvalue weighted by molar-refractivity contribution is 0.102. The molecule has 0 spiro atoms. The van der Waals surface area contributed by atoms with Crippen LogP contribution in [0.3, 0.4) is 0 Å². The van der Waals surface area contributed by atoms with Gasteiger partial charge < -0.3 is 5.32 Å². The topological polar surface area (TPSA) is 66.9 Å². The SMILES string of the molecule is CCCNc1cnccc1C(=O)Nc1ncc(Br)s1. The fourth-order valence-corrected chi connectivity index (χ4v) is 2.57. The van der Waals surface area contributed by atoms with Gasteiger partial charge in [-0.1, -0.05) is 18.3 Å². The Balaban J connectivity index is 2.14. The van der Waals surface area contributed by atoms with E-state index in [9.17, 15) is 4.79 Å². The molecule has 0 aliphatic carbocycles. The van der Waals surface area contributed by atoms with E-state index in [-0.39, 0.29) is 5.91 Å². The summed E-state index contributed by atoms with van der Waals surface area (Å²) in [6.45, 7) is 2.87. The largest absolute Gasteiger partial charge is 0.383 e. The van der Waals surface area contributed by atoms with Crippen molar-refractivity contribution in [2.24, 2.45) is 0 Å². The molecule has 0 aliphatic rings. The van der Waals surface area contributed by atoms with Crippen LogP contribution in [0.15, 0.2) is 28.4 Å². The van der Waals surface area contributed by atoms with Gasteiger partial charge in [-0.25, -0.2) is 4.98 Å². The summed E-state index contributed by atoms with van der Waals surface area (Å²) in [6, 6.07) is 1.69. The fraction of sp³-hybridized carbons (Fsp3) is 0.250. The number of hydrogen-bond donors (Lipinski definition) is 2. The van der Waals surface area contributed by atoms with Crippen LogP contribution in [0, 0.1) is 0 Å². The fourth-order valence-electron chi connectivity index (χ4n) is 1.47. The van der Waals surface area contributed by atoms with E-state index in [4.69, 9.17) is 0 Å². The van der Waals surface area contributed by atoms with Crippen molar-refractivity contribution in [2.75, 3.05) is 17.2 Å². The van der Waals surface area contributed by atoms with Gasteiger partial charge in [-0.2, -0.15) is 0 Å². The number of halogens is 1. The van der Waals surface area contributed by atoms with E-state index in [0.717, 1.165) is 22.4 Å². The average Bonchev–Trinajstić information content (AvgIpc) is 2.82. The molecule has 0 unspecified atom stereocenters. The highest BCUT2D eigenvalue weighted by Gasteiger charge is 2.12. The van der Waals surface area contributed by atoms with E-state index in [0.29, 0.717) is 10.7 Å². The van der Waals surface area contributed by atoms with Gasteiger partial charge in [0.1, 0.15) is 0 Å². The summed E-state index contributed by atoms with van der Waals surface area (Å²) in [5.74, 6) is -0.192. The first-order valence-electron chi connectivity index (χ1n) is 5.81. The second-order valence-electron chi connectivity index (χ2n) is 3.77. The number of amides is 1. The third-order valence-corrected chi connectivity index (χ3v) is 3.72. The van der Waals surface area contributed by atoms with Gasteiger partial charge >= 0.3 is 0 Å². The first kappa shape index (κ1) is 14.0. The van der Waals surface area contributed by atoms with Crippen molar-refractivity contribution in [1.29, 1.82) is 0 Å². The third kappa shape index (κ3) is 3.74. The van der Waals surface area contributed by atoms with Crippen LogP contribution in [-0.4, -0.2) is 22.4 Å². The molecule has 0 aliphatic heterocycles. The summed E-state index contributed by atoms with van der Waals surface area (Å²) in [7, 11) is 0. The Morgan fingerprint density at radius 1 is 1.47 bits per heavy atom. The third-order valence-electron chi connectivity index (χ3n) is 2.33. The molecule has 0 saturated carbocycles. The standard InChI is InChI=1S/C12H13BrN4OS/c1-2-4-15-9-6-14-5-3-8(9)11(18)17-12-16-7-10(13)19-12/h3,5-7,15H,2,4H2,1H3,(H,16,17,18). The number of pyridine rings is 1. The van der Waals surface area contributed by atoms with Crippen LogP contribution in [-0.2, 0) is 0 Å². The molecule has 19 heavy (non-hydrogen) atoms. The molecule has 0 radical (unpaired) electrons.